The molecule has 0 spiro atoms. The van der Waals surface area contributed by atoms with E-state index in [1.807, 2.05) is 30.3 Å². The Morgan fingerprint density at radius 3 is 0.988 bits per heavy atom. The molecule has 452 valence electrons. The number of ketones is 1. The second-order valence-electron chi connectivity index (χ2n) is 19.5. The maximum Gasteiger partial charge on any atom is 0.416 e. The zero-order valence-electron chi connectivity index (χ0n) is 42.9. The highest BCUT2D eigenvalue weighted by molar-refractivity contribution is 7.20. The molecule has 0 aliphatic heterocycles. The van der Waals surface area contributed by atoms with Gasteiger partial charge in [0.1, 0.15) is 6.15 Å². The van der Waals surface area contributed by atoms with E-state index in [2.05, 4.69) is 48.0 Å². The molecule has 7 rings (SSSR count). The van der Waals surface area contributed by atoms with Crippen LogP contribution in [0.1, 0.15) is 106 Å². The Bertz CT molecular complexity index is 3000. The number of aryl methyl sites for hydroxylation is 1. The van der Waals surface area contributed by atoms with Gasteiger partial charge < -0.3 is 0 Å². The second kappa shape index (κ2) is 24.4. The first-order chi connectivity index (χ1) is 38.6. The van der Waals surface area contributed by atoms with Crippen LogP contribution in [0.25, 0.3) is 10.8 Å². The molecule has 2 nitrogen and oxygen atoms in total. The summed E-state index contributed by atoms with van der Waals surface area (Å²) < 4.78 is 343. The summed E-state index contributed by atoms with van der Waals surface area (Å²) in [5, 5.41) is 2.52. The number of halogens is 24. The molecule has 1 aromatic heterocycles. The minimum absolute atomic E-state index is 0.167. The number of pyridine rings is 1. The molecule has 0 amide bonds. The van der Waals surface area contributed by atoms with E-state index in [9.17, 15) is 110 Å². The van der Waals surface area contributed by atoms with Gasteiger partial charge in [-0.25, -0.2) is 0 Å². The molecule has 7 aromatic rings. The second-order valence-corrected chi connectivity index (χ2v) is 19.5. The summed E-state index contributed by atoms with van der Waals surface area (Å²) in [6.45, 7) is 2.66. The van der Waals surface area contributed by atoms with Gasteiger partial charge in [0, 0.05) is 23.4 Å². The number of hydrogen-bond donors (Lipinski definition) is 0. The topological polar surface area (TPSA) is 20.9 Å². The number of alkyl halides is 24. The molecule has 6 aromatic carbocycles. The maximum absolute atomic E-state index is 14.2. The lowest BCUT2D eigenvalue weighted by Gasteiger charge is -2.46. The van der Waals surface area contributed by atoms with E-state index in [1.165, 1.54) is 55.0 Å². The number of fused-ring (bicyclic) bond motifs is 1. The van der Waals surface area contributed by atoms with Gasteiger partial charge in [0.15, 0.2) is 11.9 Å². The van der Waals surface area contributed by atoms with Crippen LogP contribution in [0.2, 0.25) is 0 Å². The lowest BCUT2D eigenvalue weighted by molar-refractivity contribution is -0.689. The summed E-state index contributed by atoms with van der Waals surface area (Å²) in [6, 6.07) is 11.4. The fourth-order valence-electron chi connectivity index (χ4n) is 9.76. The van der Waals surface area contributed by atoms with E-state index >= 15 is 0 Å². The average molecular weight is 1220 g/mol. The van der Waals surface area contributed by atoms with Crippen molar-refractivity contribution in [3.05, 3.63) is 195 Å². The van der Waals surface area contributed by atoms with E-state index in [1.54, 1.807) is 0 Å². The van der Waals surface area contributed by atoms with Crippen LogP contribution in [-0.2, 0) is 62.4 Å². The molecular weight excluding hydrogens is 1180 g/mol. The van der Waals surface area contributed by atoms with Gasteiger partial charge in [-0.05, 0) is 42.1 Å². The number of carbonyl (C=O) groups excluding carboxylic acids is 1. The monoisotopic (exact) mass is 1220 g/mol. The van der Waals surface area contributed by atoms with Gasteiger partial charge in [0.05, 0.1) is 44.5 Å². The van der Waals surface area contributed by atoms with Crippen molar-refractivity contribution in [1.29, 1.82) is 0 Å². The van der Waals surface area contributed by atoms with E-state index in [-0.39, 0.29) is 5.78 Å². The standard InChI is InChI=1S/C32H12BF24.C25H30NO/c34-25(35,36)13-1-14(26(37,38)39)6-21(5-13)33(22-7-15(27(40,41)42)2-16(8-22)28(43,44)45,23-9-17(29(46,47)48)3-18(10-23)30(49,50)51)24-11-19(31(52,53)54)4-20(12-24)32(55,56)57;1-2-3-4-5-6-10-17-24-23-16-12-11-13-21(23)18-19-26(24)20-25(27)22-14-8-7-9-15-22/h1-12H;7-9,11-16,18-19H,2-6,10,17,20H2,1H3/q-1;+1. The number of carbonyl (C=O) groups is 1. The van der Waals surface area contributed by atoms with Gasteiger partial charge in [-0.2, -0.15) is 132 Å². The van der Waals surface area contributed by atoms with Crippen LogP contribution in [0, 0.1) is 0 Å². The third-order valence-electron chi connectivity index (χ3n) is 13.7. The Kier molecular flexibility index (Phi) is 19.2. The fourth-order valence-corrected chi connectivity index (χ4v) is 9.76. The Balaban J connectivity index is 0.000000347. The molecule has 84 heavy (non-hydrogen) atoms. The molecule has 0 unspecified atom stereocenters. The SMILES string of the molecule is CCCCCCCCc1c2ccccc2cc[n+]1CC(=O)c1ccccc1.FC(F)(F)c1cc([B-](c2cc(C(F)(F)F)cc(C(F)(F)F)c2)(c2cc(C(F)(F)F)cc(C(F)(F)F)c2)c2cc(C(F)(F)F)cc(C(F)(F)F)c2)cc(C(F)(F)F)c1. The first-order valence-electron chi connectivity index (χ1n) is 24.9. The minimum atomic E-state index is -6.13. The molecule has 0 N–H and O–H groups in total. The summed E-state index contributed by atoms with van der Waals surface area (Å²) in [5.74, 6) is 0.167. The zero-order valence-corrected chi connectivity index (χ0v) is 42.9. The van der Waals surface area contributed by atoms with Crippen LogP contribution < -0.4 is 26.4 Å². The van der Waals surface area contributed by atoms with Crippen molar-refractivity contribution in [3.63, 3.8) is 0 Å². The largest absolute Gasteiger partial charge is 0.416 e. The van der Waals surface area contributed by atoms with Gasteiger partial charge in [-0.3, -0.25) is 4.79 Å². The molecule has 0 atom stereocenters. The molecule has 0 aliphatic rings. The first-order valence-corrected chi connectivity index (χ1v) is 24.9. The van der Waals surface area contributed by atoms with Crippen molar-refractivity contribution in [3.8, 4) is 0 Å². The van der Waals surface area contributed by atoms with Gasteiger partial charge >= 0.3 is 49.4 Å². The molecule has 0 aliphatic carbocycles. The lowest BCUT2D eigenvalue weighted by atomic mass is 9.12. The summed E-state index contributed by atoms with van der Waals surface area (Å²) in [7, 11) is 0. The van der Waals surface area contributed by atoms with Crippen LogP contribution in [0.15, 0.2) is 140 Å². The highest BCUT2D eigenvalue weighted by Gasteiger charge is 2.47. The quantitative estimate of drug-likeness (QED) is 0.0349. The third kappa shape index (κ3) is 15.7. The fraction of sp³-hybridized carbons (Fsp3) is 0.298. The highest BCUT2D eigenvalue weighted by Crippen LogP contribution is 2.41. The minimum Gasteiger partial charge on any atom is -0.287 e. The maximum atomic E-state index is 14.2. The number of benzene rings is 6. The predicted molar refractivity (Wildman–Crippen MR) is 262 cm³/mol. The zero-order chi connectivity index (χ0) is 62.8. The number of unbranched alkanes of at least 4 members (excludes halogenated alkanes) is 5. The van der Waals surface area contributed by atoms with E-state index in [4.69, 9.17) is 0 Å². The molecule has 0 radical (unpaired) electrons. The third-order valence-corrected chi connectivity index (χ3v) is 13.7. The summed E-state index contributed by atoms with van der Waals surface area (Å²) in [5.41, 5.74) is -28.1. The van der Waals surface area contributed by atoms with Crippen LogP contribution in [-0.4, -0.2) is 11.9 Å². The van der Waals surface area contributed by atoms with E-state index in [0.717, 1.165) is 12.0 Å². The van der Waals surface area contributed by atoms with Crippen molar-refractivity contribution < 1.29 is 115 Å². The van der Waals surface area contributed by atoms with Crippen LogP contribution in [0.3, 0.4) is 0 Å². The first kappa shape index (κ1) is 65.9. The van der Waals surface area contributed by atoms with Crippen molar-refractivity contribution >= 4 is 44.6 Å². The molecule has 0 bridgehead atoms. The van der Waals surface area contributed by atoms with Gasteiger partial charge in [0.2, 0.25) is 12.3 Å². The normalized spacial score (nSPS) is 13.2. The van der Waals surface area contributed by atoms with E-state index < -0.39 is 195 Å². The summed E-state index contributed by atoms with van der Waals surface area (Å²) >= 11 is 0. The molecule has 0 fully saturated rings. The van der Waals surface area contributed by atoms with Crippen LogP contribution in [0.5, 0.6) is 0 Å². The van der Waals surface area contributed by atoms with Gasteiger partial charge in [-0.1, -0.05) is 136 Å². The molecule has 0 saturated carbocycles. The smallest absolute Gasteiger partial charge is 0.287 e. The summed E-state index contributed by atoms with van der Waals surface area (Å²) in [4.78, 5) is 12.7. The average Bonchev–Trinajstić information content (AvgIpc) is 0.786. The van der Waals surface area contributed by atoms with Crippen molar-refractivity contribution in [2.75, 3.05) is 0 Å². The Hall–Kier alpha value is -7.22. The van der Waals surface area contributed by atoms with Crippen LogP contribution >= 0.6 is 0 Å². The number of hydrogen-bond acceptors (Lipinski definition) is 1. The number of aromatic nitrogens is 1. The molecule has 0 saturated heterocycles. The Labute approximate surface area is 461 Å². The number of Topliss-reactive ketones (excluding diaryl/α,β-unsaturated/α-hetero) is 1. The Morgan fingerprint density at radius 2 is 0.667 bits per heavy atom. The van der Waals surface area contributed by atoms with E-state index in [0.29, 0.717) is 6.54 Å². The molecule has 1 heterocycles. The highest BCUT2D eigenvalue weighted by atomic mass is 19.4. The van der Waals surface area contributed by atoms with Gasteiger partial charge in [0.25, 0.3) is 0 Å². The van der Waals surface area contributed by atoms with Gasteiger partial charge in [-0.15, -0.1) is 0 Å². The van der Waals surface area contributed by atoms with Crippen molar-refractivity contribution in [2.45, 2.75) is 108 Å². The van der Waals surface area contributed by atoms with Crippen molar-refractivity contribution in [2.24, 2.45) is 0 Å². The lowest BCUT2D eigenvalue weighted by Crippen LogP contribution is -2.75. The number of rotatable bonds is 14. The molecular formula is C57H42BF24NO. The van der Waals surface area contributed by atoms with Crippen LogP contribution in [0.4, 0.5) is 105 Å². The summed E-state index contributed by atoms with van der Waals surface area (Å²) in [6.07, 6.45) is -44.0. The number of nitrogens with zero attached hydrogens (tertiary/aromatic N) is 1. The predicted octanol–water partition coefficient (Wildman–Crippen LogP) is 17.1. The van der Waals surface area contributed by atoms with Crippen molar-refractivity contribution in [1.82, 2.24) is 0 Å². The molecule has 27 heteroatoms. The Morgan fingerprint density at radius 1 is 0.369 bits per heavy atom.